The Hall–Kier alpha value is -1.38. The maximum Gasteiger partial charge on any atom is 0.495 e. The predicted octanol–water partition coefficient (Wildman–Crippen LogP) is 2.13. The molecule has 0 radical (unpaired) electrons. The molecule has 1 aromatic rings. The summed E-state index contributed by atoms with van der Waals surface area (Å²) in [7, 11) is -0.424. The Morgan fingerprint density at radius 1 is 1.20 bits per heavy atom. The van der Waals surface area contributed by atoms with E-state index in [0.717, 1.165) is 24.0 Å². The van der Waals surface area contributed by atoms with Crippen LogP contribution in [0.15, 0.2) is 12.1 Å². The minimum absolute atomic E-state index is 0.368. The molecule has 2 fully saturated rings. The van der Waals surface area contributed by atoms with E-state index in [1.54, 1.807) is 6.07 Å². The standard InChI is InChI=1S/C15H19BN2O2/c1-14(2)15(3,4)20-16(19-14)11-7-12(9-17)18-13(8-11)10-5-6-10/h7-8,10H,5-6H2,1-4H3. The lowest BCUT2D eigenvalue weighted by Gasteiger charge is -2.32. The van der Waals surface area contributed by atoms with Gasteiger partial charge in [0.1, 0.15) is 11.8 Å². The Bertz CT molecular complexity index is 572. The molecule has 0 atom stereocenters. The Balaban J connectivity index is 1.95. The van der Waals surface area contributed by atoms with Crippen molar-refractivity contribution in [2.75, 3.05) is 0 Å². The zero-order chi connectivity index (χ0) is 14.5. The number of pyridine rings is 1. The summed E-state index contributed by atoms with van der Waals surface area (Å²) >= 11 is 0. The second kappa shape index (κ2) is 4.31. The molecule has 0 spiro atoms. The van der Waals surface area contributed by atoms with E-state index >= 15 is 0 Å². The van der Waals surface area contributed by atoms with Crippen LogP contribution in [0, 0.1) is 11.3 Å². The van der Waals surface area contributed by atoms with Crippen molar-refractivity contribution < 1.29 is 9.31 Å². The van der Waals surface area contributed by atoms with Crippen LogP contribution in [0.3, 0.4) is 0 Å². The van der Waals surface area contributed by atoms with Crippen LogP contribution in [0.25, 0.3) is 0 Å². The normalized spacial score (nSPS) is 23.6. The van der Waals surface area contributed by atoms with Crippen molar-refractivity contribution >= 4 is 12.6 Å². The largest absolute Gasteiger partial charge is 0.495 e. The molecule has 0 N–H and O–H groups in total. The Morgan fingerprint density at radius 2 is 1.80 bits per heavy atom. The fourth-order valence-electron chi connectivity index (χ4n) is 2.33. The third-order valence-electron chi connectivity index (χ3n) is 4.50. The summed E-state index contributed by atoms with van der Waals surface area (Å²) in [5, 5.41) is 9.14. The van der Waals surface area contributed by atoms with E-state index in [4.69, 9.17) is 14.6 Å². The second-order valence-electron chi connectivity index (χ2n) is 6.68. The second-order valence-corrected chi connectivity index (χ2v) is 6.68. The van der Waals surface area contributed by atoms with Crippen molar-refractivity contribution in [1.82, 2.24) is 4.98 Å². The molecule has 5 heteroatoms. The summed E-state index contributed by atoms with van der Waals surface area (Å²) in [5.74, 6) is 0.504. The summed E-state index contributed by atoms with van der Waals surface area (Å²) in [5.41, 5.74) is 1.60. The molecule has 104 valence electrons. The number of aromatic nitrogens is 1. The fourth-order valence-corrected chi connectivity index (χ4v) is 2.33. The SMILES string of the molecule is CC1(C)OB(c2cc(C#N)nc(C3CC3)c2)OC1(C)C. The first-order valence-electron chi connectivity index (χ1n) is 7.10. The minimum atomic E-state index is -0.424. The minimum Gasteiger partial charge on any atom is -0.399 e. The molecule has 1 saturated heterocycles. The number of rotatable bonds is 2. The molecule has 4 nitrogen and oxygen atoms in total. The maximum atomic E-state index is 9.14. The highest BCUT2D eigenvalue weighted by atomic mass is 16.7. The molecule has 0 amide bonds. The number of nitrogens with zero attached hydrogens (tertiary/aromatic N) is 2. The zero-order valence-electron chi connectivity index (χ0n) is 12.4. The highest BCUT2D eigenvalue weighted by Crippen LogP contribution is 2.40. The van der Waals surface area contributed by atoms with Gasteiger partial charge in [-0.2, -0.15) is 5.26 Å². The van der Waals surface area contributed by atoms with Crippen molar-refractivity contribution in [1.29, 1.82) is 5.26 Å². The van der Waals surface area contributed by atoms with Crippen LogP contribution in [0.2, 0.25) is 0 Å². The van der Waals surface area contributed by atoms with Gasteiger partial charge in [0.15, 0.2) is 0 Å². The van der Waals surface area contributed by atoms with Gasteiger partial charge in [-0.3, -0.25) is 0 Å². The van der Waals surface area contributed by atoms with E-state index in [-0.39, 0.29) is 11.2 Å². The molecule has 20 heavy (non-hydrogen) atoms. The monoisotopic (exact) mass is 270 g/mol. The summed E-state index contributed by atoms with van der Waals surface area (Å²) in [6.07, 6.45) is 2.31. The summed E-state index contributed by atoms with van der Waals surface area (Å²) in [6, 6.07) is 5.93. The molecule has 2 aliphatic rings. The first-order chi connectivity index (χ1) is 9.32. The van der Waals surface area contributed by atoms with Crippen LogP contribution >= 0.6 is 0 Å². The fraction of sp³-hybridized carbons (Fsp3) is 0.600. The lowest BCUT2D eigenvalue weighted by molar-refractivity contribution is 0.00578. The smallest absolute Gasteiger partial charge is 0.399 e. The van der Waals surface area contributed by atoms with Crippen molar-refractivity contribution in [3.63, 3.8) is 0 Å². The summed E-state index contributed by atoms with van der Waals surface area (Å²) in [4.78, 5) is 4.39. The Morgan fingerprint density at radius 3 is 2.30 bits per heavy atom. The van der Waals surface area contributed by atoms with Crippen LogP contribution in [0.4, 0.5) is 0 Å². The van der Waals surface area contributed by atoms with Crippen LogP contribution in [-0.2, 0) is 9.31 Å². The molecule has 1 aliphatic heterocycles. The summed E-state index contributed by atoms with van der Waals surface area (Å²) < 4.78 is 12.1. The van der Waals surface area contributed by atoms with Crippen molar-refractivity contribution in [3.8, 4) is 6.07 Å². The van der Waals surface area contributed by atoms with E-state index in [9.17, 15) is 0 Å². The van der Waals surface area contributed by atoms with E-state index < -0.39 is 7.12 Å². The average molecular weight is 270 g/mol. The van der Waals surface area contributed by atoms with Gasteiger partial charge in [-0.25, -0.2) is 4.98 Å². The first-order valence-corrected chi connectivity index (χ1v) is 7.10. The van der Waals surface area contributed by atoms with Gasteiger partial charge in [-0.15, -0.1) is 0 Å². The molecule has 3 rings (SSSR count). The topological polar surface area (TPSA) is 55.1 Å². The van der Waals surface area contributed by atoms with Gasteiger partial charge in [0.05, 0.1) is 11.2 Å². The van der Waals surface area contributed by atoms with E-state index in [1.807, 2.05) is 33.8 Å². The molecule has 0 aromatic carbocycles. The van der Waals surface area contributed by atoms with Gasteiger partial charge in [-0.05, 0) is 58.1 Å². The lowest BCUT2D eigenvalue weighted by Crippen LogP contribution is -2.41. The number of nitriles is 1. The van der Waals surface area contributed by atoms with Gasteiger partial charge in [0, 0.05) is 11.6 Å². The molecule has 2 heterocycles. The van der Waals surface area contributed by atoms with E-state index in [1.165, 1.54) is 0 Å². The average Bonchev–Trinajstić information content (AvgIpc) is 3.17. The van der Waals surface area contributed by atoms with Crippen LogP contribution < -0.4 is 5.46 Å². The molecule has 1 aromatic heterocycles. The van der Waals surface area contributed by atoms with Crippen LogP contribution in [0.1, 0.15) is 57.8 Å². The third-order valence-corrected chi connectivity index (χ3v) is 4.50. The van der Waals surface area contributed by atoms with Crippen molar-refractivity contribution in [2.45, 2.75) is 57.7 Å². The predicted molar refractivity (Wildman–Crippen MR) is 76.6 cm³/mol. The first kappa shape index (κ1) is 13.6. The van der Waals surface area contributed by atoms with E-state index in [0.29, 0.717) is 11.6 Å². The summed E-state index contributed by atoms with van der Waals surface area (Å²) in [6.45, 7) is 8.12. The van der Waals surface area contributed by atoms with Gasteiger partial charge >= 0.3 is 7.12 Å². The van der Waals surface area contributed by atoms with E-state index in [2.05, 4.69) is 11.1 Å². The quantitative estimate of drug-likeness (QED) is 0.772. The molecular formula is C15H19BN2O2. The number of hydrogen-bond acceptors (Lipinski definition) is 4. The van der Waals surface area contributed by atoms with Gasteiger partial charge < -0.3 is 9.31 Å². The molecule has 1 aliphatic carbocycles. The van der Waals surface area contributed by atoms with Crippen molar-refractivity contribution in [2.24, 2.45) is 0 Å². The molecular weight excluding hydrogens is 251 g/mol. The van der Waals surface area contributed by atoms with Gasteiger partial charge in [-0.1, -0.05) is 0 Å². The molecule has 0 unspecified atom stereocenters. The number of hydrogen-bond donors (Lipinski definition) is 0. The van der Waals surface area contributed by atoms with Gasteiger partial charge in [0.25, 0.3) is 0 Å². The zero-order valence-corrected chi connectivity index (χ0v) is 12.4. The highest BCUT2D eigenvalue weighted by molar-refractivity contribution is 6.62. The lowest BCUT2D eigenvalue weighted by atomic mass is 9.78. The van der Waals surface area contributed by atoms with Crippen LogP contribution in [-0.4, -0.2) is 23.3 Å². The maximum absolute atomic E-state index is 9.14. The third kappa shape index (κ3) is 2.23. The highest BCUT2D eigenvalue weighted by Gasteiger charge is 2.52. The molecule has 1 saturated carbocycles. The molecule has 0 bridgehead atoms. The Kier molecular flexibility index (Phi) is 2.93. The van der Waals surface area contributed by atoms with Crippen molar-refractivity contribution in [3.05, 3.63) is 23.5 Å². The van der Waals surface area contributed by atoms with Gasteiger partial charge in [0.2, 0.25) is 0 Å². The van der Waals surface area contributed by atoms with Crippen LogP contribution in [0.5, 0.6) is 0 Å². The Labute approximate surface area is 120 Å².